The first-order chi connectivity index (χ1) is 10.4. The highest BCUT2D eigenvalue weighted by molar-refractivity contribution is 7.86. The molecule has 22 heavy (non-hydrogen) atoms. The van der Waals surface area contributed by atoms with Crippen LogP contribution in [0.25, 0.3) is 10.8 Å². The van der Waals surface area contributed by atoms with Crippen molar-refractivity contribution in [3.05, 3.63) is 35.6 Å². The molecule has 0 unspecified atom stereocenters. The standard InChI is InChI=1S/C15H17FO5S/c1-4-12-13(16)6-5-10-7-11(20-9-19-2)8-14(15(10)12)21-22(3,17)18/h5-8H,4,9H2,1-3H3. The molecule has 0 aliphatic heterocycles. The molecule has 2 aromatic rings. The summed E-state index contributed by atoms with van der Waals surface area (Å²) in [6.07, 6.45) is 1.34. The first-order valence-electron chi connectivity index (χ1n) is 6.62. The molecule has 0 heterocycles. The smallest absolute Gasteiger partial charge is 0.306 e. The van der Waals surface area contributed by atoms with Crippen LogP contribution in [0, 0.1) is 5.82 Å². The third-order valence-electron chi connectivity index (χ3n) is 3.04. The first-order valence-corrected chi connectivity index (χ1v) is 8.43. The van der Waals surface area contributed by atoms with Crippen molar-refractivity contribution in [1.82, 2.24) is 0 Å². The van der Waals surface area contributed by atoms with E-state index in [4.69, 9.17) is 13.7 Å². The summed E-state index contributed by atoms with van der Waals surface area (Å²) in [6.45, 7) is 1.79. The monoisotopic (exact) mass is 328 g/mol. The lowest BCUT2D eigenvalue weighted by Crippen LogP contribution is -2.08. The topological polar surface area (TPSA) is 61.8 Å². The fourth-order valence-electron chi connectivity index (χ4n) is 2.23. The van der Waals surface area contributed by atoms with E-state index >= 15 is 0 Å². The van der Waals surface area contributed by atoms with Gasteiger partial charge in [-0.25, -0.2) is 4.39 Å². The molecule has 0 spiro atoms. The Kier molecular flexibility index (Phi) is 4.87. The molecule has 0 bridgehead atoms. The molecule has 2 rings (SSSR count). The number of halogens is 1. The Morgan fingerprint density at radius 1 is 1.23 bits per heavy atom. The molecule has 7 heteroatoms. The Morgan fingerprint density at radius 3 is 2.55 bits per heavy atom. The number of benzene rings is 2. The van der Waals surface area contributed by atoms with Crippen LogP contribution in [0.15, 0.2) is 24.3 Å². The summed E-state index contributed by atoms with van der Waals surface area (Å²) >= 11 is 0. The predicted molar refractivity (Wildman–Crippen MR) is 81.3 cm³/mol. The average Bonchev–Trinajstić information content (AvgIpc) is 2.43. The number of ether oxygens (including phenoxy) is 2. The summed E-state index contributed by atoms with van der Waals surface area (Å²) in [5.41, 5.74) is 0.398. The first kappa shape index (κ1) is 16.5. The van der Waals surface area contributed by atoms with E-state index in [0.717, 1.165) is 6.26 Å². The van der Waals surface area contributed by atoms with Gasteiger partial charge < -0.3 is 13.7 Å². The van der Waals surface area contributed by atoms with Gasteiger partial charge in [0.1, 0.15) is 11.6 Å². The largest absolute Gasteiger partial charge is 0.467 e. The van der Waals surface area contributed by atoms with E-state index < -0.39 is 15.9 Å². The third kappa shape index (κ3) is 3.66. The summed E-state index contributed by atoms with van der Waals surface area (Å²) < 4.78 is 52.1. The highest BCUT2D eigenvalue weighted by Crippen LogP contribution is 2.36. The molecular weight excluding hydrogens is 311 g/mol. The van der Waals surface area contributed by atoms with Crippen molar-refractivity contribution in [2.24, 2.45) is 0 Å². The van der Waals surface area contributed by atoms with Crippen LogP contribution in [0.2, 0.25) is 0 Å². The van der Waals surface area contributed by atoms with Crippen LogP contribution in [-0.2, 0) is 21.3 Å². The van der Waals surface area contributed by atoms with E-state index in [2.05, 4.69) is 0 Å². The van der Waals surface area contributed by atoms with Crippen molar-refractivity contribution < 1.29 is 26.5 Å². The minimum absolute atomic E-state index is 0.00561. The van der Waals surface area contributed by atoms with Crippen LogP contribution in [0.1, 0.15) is 12.5 Å². The molecule has 0 saturated carbocycles. The number of hydrogen-bond donors (Lipinski definition) is 0. The number of rotatable bonds is 6. The van der Waals surface area contributed by atoms with Gasteiger partial charge in [0.15, 0.2) is 12.5 Å². The molecule has 120 valence electrons. The van der Waals surface area contributed by atoms with E-state index in [1.54, 1.807) is 19.1 Å². The zero-order valence-corrected chi connectivity index (χ0v) is 13.4. The molecule has 0 fully saturated rings. The second-order valence-corrected chi connectivity index (χ2v) is 6.31. The van der Waals surface area contributed by atoms with Gasteiger partial charge in [-0.1, -0.05) is 13.0 Å². The van der Waals surface area contributed by atoms with Crippen LogP contribution < -0.4 is 8.92 Å². The van der Waals surface area contributed by atoms with Crippen molar-refractivity contribution in [1.29, 1.82) is 0 Å². The summed E-state index contributed by atoms with van der Waals surface area (Å²) in [6, 6.07) is 5.99. The number of aryl methyl sites for hydroxylation is 1. The van der Waals surface area contributed by atoms with E-state index in [1.807, 2.05) is 0 Å². The minimum atomic E-state index is -3.75. The minimum Gasteiger partial charge on any atom is -0.467 e. The molecule has 0 aromatic heterocycles. The van der Waals surface area contributed by atoms with Crippen LogP contribution >= 0.6 is 0 Å². The lowest BCUT2D eigenvalue weighted by Gasteiger charge is -2.14. The highest BCUT2D eigenvalue weighted by atomic mass is 32.2. The average molecular weight is 328 g/mol. The highest BCUT2D eigenvalue weighted by Gasteiger charge is 2.16. The quantitative estimate of drug-likeness (QED) is 0.603. The van der Waals surface area contributed by atoms with Gasteiger partial charge >= 0.3 is 10.1 Å². The molecule has 0 saturated heterocycles. The molecule has 0 N–H and O–H groups in total. The molecule has 5 nitrogen and oxygen atoms in total. The lowest BCUT2D eigenvalue weighted by molar-refractivity contribution is 0.0511. The maximum atomic E-state index is 14.0. The summed E-state index contributed by atoms with van der Waals surface area (Å²) in [5, 5.41) is 1.06. The maximum Gasteiger partial charge on any atom is 0.306 e. The molecule has 0 aliphatic carbocycles. The van der Waals surface area contributed by atoms with Crippen LogP contribution in [0.3, 0.4) is 0 Å². The van der Waals surface area contributed by atoms with E-state index in [0.29, 0.717) is 28.5 Å². The SMILES string of the molecule is CCc1c(F)ccc2cc(OCOC)cc(OS(C)(=O)=O)c12. The molecule has 0 atom stereocenters. The van der Waals surface area contributed by atoms with Crippen molar-refractivity contribution >= 4 is 20.9 Å². The lowest BCUT2D eigenvalue weighted by atomic mass is 10.0. The Labute approximate surface area is 128 Å². The molecule has 2 aromatic carbocycles. The number of methoxy groups -OCH3 is 1. The van der Waals surface area contributed by atoms with Gasteiger partial charge in [0.2, 0.25) is 0 Å². The Hall–Kier alpha value is -1.86. The summed E-state index contributed by atoms with van der Waals surface area (Å²) in [7, 11) is -2.28. The number of fused-ring (bicyclic) bond motifs is 1. The van der Waals surface area contributed by atoms with Crippen molar-refractivity contribution in [2.75, 3.05) is 20.2 Å². The van der Waals surface area contributed by atoms with Gasteiger partial charge in [-0.05, 0) is 29.5 Å². The fraction of sp³-hybridized carbons (Fsp3) is 0.333. The molecule has 0 radical (unpaired) electrons. The molecular formula is C15H17FO5S. The van der Waals surface area contributed by atoms with Gasteiger partial charge in [0.25, 0.3) is 0 Å². The second kappa shape index (κ2) is 6.50. The Morgan fingerprint density at radius 2 is 1.95 bits per heavy atom. The van der Waals surface area contributed by atoms with E-state index in [-0.39, 0.29) is 12.5 Å². The van der Waals surface area contributed by atoms with E-state index in [1.165, 1.54) is 19.2 Å². The molecule has 0 aliphatic rings. The molecule has 0 amide bonds. The van der Waals surface area contributed by atoms with Crippen molar-refractivity contribution in [2.45, 2.75) is 13.3 Å². The zero-order valence-electron chi connectivity index (χ0n) is 12.6. The second-order valence-electron chi connectivity index (χ2n) is 4.74. The van der Waals surface area contributed by atoms with Gasteiger partial charge in [0.05, 0.1) is 6.26 Å². The summed E-state index contributed by atoms with van der Waals surface area (Å²) in [5.74, 6) is 0.0167. The normalized spacial score (nSPS) is 11.6. The van der Waals surface area contributed by atoms with Gasteiger partial charge in [-0.2, -0.15) is 8.42 Å². The van der Waals surface area contributed by atoms with E-state index in [9.17, 15) is 12.8 Å². The fourth-order valence-corrected chi connectivity index (χ4v) is 2.69. The van der Waals surface area contributed by atoms with Crippen LogP contribution in [-0.4, -0.2) is 28.6 Å². The summed E-state index contributed by atoms with van der Waals surface area (Å²) in [4.78, 5) is 0. The van der Waals surface area contributed by atoms with Gasteiger partial charge in [-0.15, -0.1) is 0 Å². The zero-order chi connectivity index (χ0) is 16.3. The van der Waals surface area contributed by atoms with Gasteiger partial charge in [-0.3, -0.25) is 0 Å². The van der Waals surface area contributed by atoms with Crippen molar-refractivity contribution in [3.8, 4) is 11.5 Å². The Balaban J connectivity index is 2.70. The number of hydrogen-bond acceptors (Lipinski definition) is 5. The van der Waals surface area contributed by atoms with Crippen LogP contribution in [0.5, 0.6) is 11.5 Å². The van der Waals surface area contributed by atoms with Crippen molar-refractivity contribution in [3.63, 3.8) is 0 Å². The maximum absolute atomic E-state index is 14.0. The van der Waals surface area contributed by atoms with Gasteiger partial charge in [0, 0.05) is 18.6 Å². The Bertz CT molecular complexity index is 786. The van der Waals surface area contributed by atoms with Crippen LogP contribution in [0.4, 0.5) is 4.39 Å². The third-order valence-corrected chi connectivity index (χ3v) is 3.53. The predicted octanol–water partition coefficient (Wildman–Crippen LogP) is 2.86.